The van der Waals surface area contributed by atoms with Gasteiger partial charge in [-0.3, -0.25) is 4.79 Å². The minimum Gasteiger partial charge on any atom is -0.496 e. The molecular formula is C27H32N4O5S. The van der Waals surface area contributed by atoms with Crippen LogP contribution in [0.15, 0.2) is 59.8 Å². The highest BCUT2D eigenvalue weighted by Gasteiger charge is 2.39. The van der Waals surface area contributed by atoms with E-state index >= 15 is 0 Å². The number of pyridine rings is 2. The lowest BCUT2D eigenvalue weighted by molar-refractivity contribution is 0.0981. The van der Waals surface area contributed by atoms with Crippen LogP contribution >= 0.6 is 0 Å². The second-order valence-corrected chi connectivity index (χ2v) is 11.6. The summed E-state index contributed by atoms with van der Waals surface area (Å²) in [5.41, 5.74) is 1.81. The molecule has 1 saturated heterocycles. The van der Waals surface area contributed by atoms with Gasteiger partial charge in [-0.2, -0.15) is 13.4 Å². The first kappa shape index (κ1) is 26.4. The number of hydrogen-bond donors (Lipinski definition) is 1. The van der Waals surface area contributed by atoms with Crippen molar-refractivity contribution in [2.45, 2.75) is 51.3 Å². The molecule has 1 aliphatic heterocycles. The van der Waals surface area contributed by atoms with Crippen molar-refractivity contribution in [2.24, 2.45) is 5.92 Å². The predicted octanol–water partition coefficient (Wildman–Crippen LogP) is 4.12. The van der Waals surface area contributed by atoms with Gasteiger partial charge in [0.25, 0.3) is 15.9 Å². The maximum Gasteiger partial charge on any atom is 0.281 e. The van der Waals surface area contributed by atoms with E-state index in [1.54, 1.807) is 31.5 Å². The lowest BCUT2D eigenvalue weighted by Gasteiger charge is -2.33. The molecule has 196 valence electrons. The molecule has 2 aromatic heterocycles. The normalized spacial score (nSPS) is 16.9. The van der Waals surface area contributed by atoms with Crippen molar-refractivity contribution in [3.8, 4) is 11.6 Å². The molecule has 0 radical (unpaired) electrons. The number of sulfonamides is 1. The summed E-state index contributed by atoms with van der Waals surface area (Å²) in [6.07, 6.45) is 2.54. The van der Waals surface area contributed by atoms with Gasteiger partial charge in [0.15, 0.2) is 5.03 Å². The van der Waals surface area contributed by atoms with E-state index in [0.29, 0.717) is 11.7 Å². The molecule has 1 atom stereocenters. The fourth-order valence-electron chi connectivity index (χ4n) is 4.79. The molecular weight excluding hydrogens is 492 g/mol. The Labute approximate surface area is 217 Å². The Morgan fingerprint density at radius 1 is 1.19 bits per heavy atom. The lowest BCUT2D eigenvalue weighted by atomic mass is 9.97. The standard InChI is InChI=1S/C27H32N4O5S/c1-18-15-27(3,4)31(16-18)25-21(8-7-13-28-25)26(32)30-37(33,34)24-10-6-9-23(29-24)36-17-20-11-12-22(35-5)19(2)14-20/h6-14,18H,15-17H2,1-5H3,(H,30,32). The molecule has 1 aliphatic rings. The number of nitrogens with zero attached hydrogens (tertiary/aromatic N) is 3. The van der Waals surface area contributed by atoms with Gasteiger partial charge in [0, 0.05) is 24.3 Å². The van der Waals surface area contributed by atoms with E-state index in [9.17, 15) is 13.2 Å². The van der Waals surface area contributed by atoms with Gasteiger partial charge in [0.05, 0.1) is 12.7 Å². The minimum atomic E-state index is -4.26. The van der Waals surface area contributed by atoms with Crippen molar-refractivity contribution >= 4 is 21.7 Å². The van der Waals surface area contributed by atoms with Crippen molar-refractivity contribution in [2.75, 3.05) is 18.6 Å². The van der Waals surface area contributed by atoms with Gasteiger partial charge >= 0.3 is 0 Å². The number of carbonyl (C=O) groups is 1. The monoisotopic (exact) mass is 524 g/mol. The molecule has 9 nitrogen and oxygen atoms in total. The van der Waals surface area contributed by atoms with Crippen LogP contribution < -0.4 is 19.1 Å². The summed E-state index contributed by atoms with van der Waals surface area (Å²) in [6.45, 7) is 9.17. The number of ether oxygens (including phenoxy) is 2. The van der Waals surface area contributed by atoms with E-state index in [0.717, 1.165) is 29.8 Å². The lowest BCUT2D eigenvalue weighted by Crippen LogP contribution is -2.41. The fourth-order valence-corrected chi connectivity index (χ4v) is 5.72. The largest absolute Gasteiger partial charge is 0.496 e. The van der Waals surface area contributed by atoms with Gasteiger partial charge in [0.2, 0.25) is 5.88 Å². The number of aryl methyl sites for hydroxylation is 1. The summed E-state index contributed by atoms with van der Waals surface area (Å²) in [4.78, 5) is 23.8. The third-order valence-corrected chi connectivity index (χ3v) is 7.64. The van der Waals surface area contributed by atoms with Crippen molar-refractivity contribution in [1.29, 1.82) is 0 Å². The second-order valence-electron chi connectivity index (χ2n) is 9.95. The number of nitrogens with one attached hydrogen (secondary N) is 1. The van der Waals surface area contributed by atoms with Crippen LogP contribution in [-0.4, -0.2) is 43.5 Å². The summed E-state index contributed by atoms with van der Waals surface area (Å²) in [6, 6.07) is 13.2. The number of benzene rings is 1. The zero-order valence-corrected chi connectivity index (χ0v) is 22.5. The van der Waals surface area contributed by atoms with Gasteiger partial charge < -0.3 is 14.4 Å². The Hall–Kier alpha value is -3.66. The summed E-state index contributed by atoms with van der Waals surface area (Å²) in [7, 11) is -2.66. The van der Waals surface area contributed by atoms with Crippen LogP contribution in [0.1, 0.15) is 48.7 Å². The molecule has 0 bridgehead atoms. The number of anilines is 1. The summed E-state index contributed by atoms with van der Waals surface area (Å²) < 4.78 is 39.3. The molecule has 1 N–H and O–H groups in total. The SMILES string of the molecule is COc1ccc(COc2cccc(S(=O)(=O)NC(=O)c3cccnc3N3CC(C)CC3(C)C)n2)cc1C. The molecule has 0 aliphatic carbocycles. The molecule has 0 spiro atoms. The zero-order chi connectivity index (χ0) is 26.8. The van der Waals surface area contributed by atoms with E-state index < -0.39 is 15.9 Å². The first-order valence-electron chi connectivity index (χ1n) is 12.0. The van der Waals surface area contributed by atoms with E-state index in [1.807, 2.05) is 25.1 Å². The van der Waals surface area contributed by atoms with Crippen molar-refractivity contribution in [1.82, 2.24) is 14.7 Å². The molecule has 4 rings (SSSR count). The quantitative estimate of drug-likeness (QED) is 0.469. The smallest absolute Gasteiger partial charge is 0.281 e. The molecule has 3 aromatic rings. The molecule has 1 amide bonds. The Morgan fingerprint density at radius 3 is 2.65 bits per heavy atom. The Balaban J connectivity index is 1.50. The first-order valence-corrected chi connectivity index (χ1v) is 13.5. The third-order valence-electron chi connectivity index (χ3n) is 6.41. The summed E-state index contributed by atoms with van der Waals surface area (Å²) >= 11 is 0. The average molecular weight is 525 g/mol. The molecule has 3 heterocycles. The summed E-state index contributed by atoms with van der Waals surface area (Å²) in [5, 5.41) is -0.315. The van der Waals surface area contributed by atoms with Crippen molar-refractivity contribution < 1.29 is 22.7 Å². The highest BCUT2D eigenvalue weighted by molar-refractivity contribution is 7.90. The van der Waals surface area contributed by atoms with E-state index in [1.165, 1.54) is 12.1 Å². The number of aromatic nitrogens is 2. The van der Waals surface area contributed by atoms with Crippen LogP contribution in [0.25, 0.3) is 0 Å². The zero-order valence-electron chi connectivity index (χ0n) is 21.7. The molecule has 1 unspecified atom stereocenters. The Morgan fingerprint density at radius 2 is 1.97 bits per heavy atom. The van der Waals surface area contributed by atoms with E-state index in [4.69, 9.17) is 9.47 Å². The van der Waals surface area contributed by atoms with Crippen LogP contribution in [0, 0.1) is 12.8 Å². The second kappa shape index (κ2) is 10.4. The number of carbonyl (C=O) groups excluding carboxylic acids is 1. The number of hydrogen-bond acceptors (Lipinski definition) is 8. The van der Waals surface area contributed by atoms with Crippen LogP contribution in [0.5, 0.6) is 11.6 Å². The number of rotatable bonds is 8. The van der Waals surface area contributed by atoms with Gasteiger partial charge in [-0.1, -0.05) is 19.1 Å². The number of methoxy groups -OCH3 is 1. The maximum absolute atomic E-state index is 13.2. The molecule has 10 heteroatoms. The van der Waals surface area contributed by atoms with Crippen molar-refractivity contribution in [3.05, 3.63) is 71.4 Å². The van der Waals surface area contributed by atoms with Crippen LogP contribution in [0.3, 0.4) is 0 Å². The third kappa shape index (κ3) is 5.85. The van der Waals surface area contributed by atoms with Crippen LogP contribution in [0.4, 0.5) is 5.82 Å². The number of amides is 1. The highest BCUT2D eigenvalue weighted by atomic mass is 32.2. The Kier molecular flexibility index (Phi) is 7.40. The topological polar surface area (TPSA) is 111 Å². The predicted molar refractivity (Wildman–Crippen MR) is 140 cm³/mol. The van der Waals surface area contributed by atoms with Gasteiger partial charge in [-0.05, 0) is 74.6 Å². The van der Waals surface area contributed by atoms with Crippen LogP contribution in [-0.2, 0) is 16.6 Å². The molecule has 37 heavy (non-hydrogen) atoms. The molecule has 1 fully saturated rings. The van der Waals surface area contributed by atoms with Crippen LogP contribution in [0.2, 0.25) is 0 Å². The van der Waals surface area contributed by atoms with E-state index in [-0.39, 0.29) is 28.6 Å². The first-order chi connectivity index (χ1) is 17.5. The minimum absolute atomic E-state index is 0.124. The van der Waals surface area contributed by atoms with E-state index in [2.05, 4.69) is 40.4 Å². The van der Waals surface area contributed by atoms with Crippen molar-refractivity contribution in [3.63, 3.8) is 0 Å². The fraction of sp³-hybridized carbons (Fsp3) is 0.370. The highest BCUT2D eigenvalue weighted by Crippen LogP contribution is 2.37. The Bertz CT molecular complexity index is 1410. The van der Waals surface area contributed by atoms with Gasteiger partial charge in [-0.15, -0.1) is 0 Å². The summed E-state index contributed by atoms with van der Waals surface area (Å²) in [5.74, 6) is 1.01. The molecule has 1 aromatic carbocycles. The molecule has 0 saturated carbocycles. The van der Waals surface area contributed by atoms with Gasteiger partial charge in [-0.25, -0.2) is 9.71 Å². The maximum atomic E-state index is 13.2. The van der Waals surface area contributed by atoms with Gasteiger partial charge in [0.1, 0.15) is 18.2 Å². The average Bonchev–Trinajstić information content (AvgIpc) is 3.14.